The van der Waals surface area contributed by atoms with Gasteiger partial charge in [-0.25, -0.2) is 9.97 Å². The number of aryl methyl sites for hydroxylation is 3. The Morgan fingerprint density at radius 3 is 2.30 bits per heavy atom. The molecule has 1 heterocycles. The molecule has 0 spiro atoms. The van der Waals surface area contributed by atoms with Crippen molar-refractivity contribution in [3.63, 3.8) is 0 Å². The van der Waals surface area contributed by atoms with Crippen molar-refractivity contribution < 1.29 is 0 Å². The zero-order chi connectivity index (χ0) is 14.5. The van der Waals surface area contributed by atoms with Crippen LogP contribution in [0.3, 0.4) is 0 Å². The van der Waals surface area contributed by atoms with Gasteiger partial charge in [-0.2, -0.15) is 0 Å². The molecule has 0 fully saturated rings. The number of para-hydroxylation sites is 1. The number of nitrogens with one attached hydrogen (secondary N) is 1. The highest BCUT2D eigenvalue weighted by Gasteiger charge is 2.05. The largest absolute Gasteiger partial charge is 0.384 e. The molecule has 2 rings (SSSR count). The van der Waals surface area contributed by atoms with Crippen molar-refractivity contribution in [2.24, 2.45) is 0 Å². The SMILES string of the molecule is Cc1ccccc1NCCSc1nc(C)c(C)c(C)n1. The average Bonchev–Trinajstić information content (AvgIpc) is 2.42. The summed E-state index contributed by atoms with van der Waals surface area (Å²) in [6, 6.07) is 8.33. The first-order valence-corrected chi connectivity index (χ1v) is 7.80. The summed E-state index contributed by atoms with van der Waals surface area (Å²) in [4.78, 5) is 9.04. The van der Waals surface area contributed by atoms with Crippen molar-refractivity contribution >= 4 is 17.4 Å². The zero-order valence-corrected chi connectivity index (χ0v) is 13.3. The van der Waals surface area contributed by atoms with Gasteiger partial charge in [0, 0.05) is 29.4 Å². The lowest BCUT2D eigenvalue weighted by Gasteiger charge is -2.09. The molecule has 4 heteroatoms. The molecule has 1 aromatic heterocycles. The van der Waals surface area contributed by atoms with E-state index in [-0.39, 0.29) is 0 Å². The van der Waals surface area contributed by atoms with Gasteiger partial charge in [0.05, 0.1) is 0 Å². The summed E-state index contributed by atoms with van der Waals surface area (Å²) in [6.45, 7) is 9.17. The summed E-state index contributed by atoms with van der Waals surface area (Å²) in [6.07, 6.45) is 0. The minimum absolute atomic E-state index is 0.872. The van der Waals surface area contributed by atoms with Gasteiger partial charge in [-0.1, -0.05) is 30.0 Å². The molecular weight excluding hydrogens is 266 g/mol. The van der Waals surface area contributed by atoms with Crippen LogP contribution >= 0.6 is 11.8 Å². The second-order valence-corrected chi connectivity index (χ2v) is 5.95. The predicted molar refractivity (Wildman–Crippen MR) is 86.6 cm³/mol. The Morgan fingerprint density at radius 1 is 1.00 bits per heavy atom. The molecule has 0 bridgehead atoms. The third kappa shape index (κ3) is 3.73. The van der Waals surface area contributed by atoms with Gasteiger partial charge in [0.15, 0.2) is 5.16 Å². The number of benzene rings is 1. The summed E-state index contributed by atoms with van der Waals surface area (Å²) in [5.74, 6) is 0.955. The van der Waals surface area contributed by atoms with Crippen LogP contribution in [-0.4, -0.2) is 22.3 Å². The van der Waals surface area contributed by atoms with E-state index in [0.29, 0.717) is 0 Å². The molecule has 0 radical (unpaired) electrons. The van der Waals surface area contributed by atoms with Gasteiger partial charge in [0.1, 0.15) is 0 Å². The van der Waals surface area contributed by atoms with Crippen molar-refractivity contribution in [3.05, 3.63) is 46.8 Å². The number of anilines is 1. The molecule has 0 amide bonds. The van der Waals surface area contributed by atoms with Crippen LogP contribution in [0.15, 0.2) is 29.4 Å². The van der Waals surface area contributed by atoms with Crippen LogP contribution in [0.25, 0.3) is 0 Å². The third-order valence-corrected chi connectivity index (χ3v) is 4.25. The molecule has 1 N–H and O–H groups in total. The summed E-state index contributed by atoms with van der Waals surface area (Å²) in [5, 5.41) is 4.32. The van der Waals surface area contributed by atoms with E-state index < -0.39 is 0 Å². The van der Waals surface area contributed by atoms with Gasteiger partial charge in [0.25, 0.3) is 0 Å². The maximum absolute atomic E-state index is 4.52. The lowest BCUT2D eigenvalue weighted by atomic mass is 10.2. The average molecular weight is 287 g/mol. The molecule has 20 heavy (non-hydrogen) atoms. The van der Waals surface area contributed by atoms with Crippen molar-refractivity contribution in [2.75, 3.05) is 17.6 Å². The summed E-state index contributed by atoms with van der Waals surface area (Å²) in [7, 11) is 0. The quantitative estimate of drug-likeness (QED) is 0.514. The first-order chi connectivity index (χ1) is 9.58. The number of hydrogen-bond donors (Lipinski definition) is 1. The topological polar surface area (TPSA) is 37.8 Å². The standard InChI is InChI=1S/C16H21N3S/c1-11-7-5-6-8-15(11)17-9-10-20-16-18-13(3)12(2)14(4)19-16/h5-8,17H,9-10H2,1-4H3. The molecule has 0 aliphatic rings. The van der Waals surface area contributed by atoms with Gasteiger partial charge in [-0.05, 0) is 44.9 Å². The van der Waals surface area contributed by atoms with Crippen molar-refractivity contribution in [3.8, 4) is 0 Å². The fourth-order valence-corrected chi connectivity index (χ4v) is 2.69. The van der Waals surface area contributed by atoms with Gasteiger partial charge in [-0.15, -0.1) is 0 Å². The van der Waals surface area contributed by atoms with E-state index in [4.69, 9.17) is 0 Å². The van der Waals surface area contributed by atoms with Crippen molar-refractivity contribution in [1.82, 2.24) is 9.97 Å². The zero-order valence-electron chi connectivity index (χ0n) is 12.5. The number of thioether (sulfide) groups is 1. The van der Waals surface area contributed by atoms with Crippen LogP contribution in [0.5, 0.6) is 0 Å². The van der Waals surface area contributed by atoms with Crippen LogP contribution < -0.4 is 5.32 Å². The van der Waals surface area contributed by atoms with Crippen molar-refractivity contribution in [2.45, 2.75) is 32.9 Å². The normalized spacial score (nSPS) is 10.6. The smallest absolute Gasteiger partial charge is 0.188 e. The molecule has 0 aliphatic heterocycles. The first-order valence-electron chi connectivity index (χ1n) is 6.82. The first kappa shape index (κ1) is 14.9. The molecule has 0 atom stereocenters. The molecule has 1 aromatic carbocycles. The van der Waals surface area contributed by atoms with E-state index >= 15 is 0 Å². The van der Waals surface area contributed by atoms with Crippen LogP contribution in [-0.2, 0) is 0 Å². The van der Waals surface area contributed by atoms with Gasteiger partial charge >= 0.3 is 0 Å². The monoisotopic (exact) mass is 287 g/mol. The van der Waals surface area contributed by atoms with Gasteiger partial charge < -0.3 is 5.32 Å². The number of nitrogens with zero attached hydrogens (tertiary/aromatic N) is 2. The fourth-order valence-electron chi connectivity index (χ4n) is 1.91. The van der Waals surface area contributed by atoms with Gasteiger partial charge in [0.2, 0.25) is 0 Å². The second kappa shape index (κ2) is 6.75. The summed E-state index contributed by atoms with van der Waals surface area (Å²) < 4.78 is 0. The highest BCUT2D eigenvalue weighted by atomic mass is 32.2. The highest BCUT2D eigenvalue weighted by Crippen LogP contribution is 2.18. The fraction of sp³-hybridized carbons (Fsp3) is 0.375. The predicted octanol–water partition coefficient (Wildman–Crippen LogP) is 3.91. The van der Waals surface area contributed by atoms with Gasteiger partial charge in [-0.3, -0.25) is 0 Å². The number of aromatic nitrogens is 2. The lowest BCUT2D eigenvalue weighted by molar-refractivity contribution is 0.880. The molecule has 3 nitrogen and oxygen atoms in total. The van der Waals surface area contributed by atoms with Crippen LogP contribution in [0.1, 0.15) is 22.5 Å². The number of rotatable bonds is 5. The van der Waals surface area contributed by atoms with E-state index in [2.05, 4.69) is 53.4 Å². The maximum Gasteiger partial charge on any atom is 0.188 e. The van der Waals surface area contributed by atoms with E-state index in [1.54, 1.807) is 11.8 Å². The molecule has 106 valence electrons. The summed E-state index contributed by atoms with van der Waals surface area (Å²) >= 11 is 1.70. The number of hydrogen-bond acceptors (Lipinski definition) is 4. The highest BCUT2D eigenvalue weighted by molar-refractivity contribution is 7.99. The Hall–Kier alpha value is -1.55. The Balaban J connectivity index is 1.86. The Bertz CT molecular complexity index is 573. The lowest BCUT2D eigenvalue weighted by Crippen LogP contribution is -2.06. The Labute approximate surface area is 125 Å². The minimum Gasteiger partial charge on any atom is -0.384 e. The van der Waals surface area contributed by atoms with Crippen LogP contribution in [0, 0.1) is 27.7 Å². The Morgan fingerprint density at radius 2 is 1.65 bits per heavy atom. The summed E-state index contributed by atoms with van der Waals surface area (Å²) in [5.41, 5.74) is 5.81. The molecule has 0 aliphatic carbocycles. The van der Waals surface area contributed by atoms with Crippen molar-refractivity contribution in [1.29, 1.82) is 0 Å². The van der Waals surface area contributed by atoms with E-state index in [1.807, 2.05) is 13.8 Å². The molecule has 0 saturated carbocycles. The van der Waals surface area contributed by atoms with E-state index in [0.717, 1.165) is 28.8 Å². The maximum atomic E-state index is 4.52. The molecule has 2 aromatic rings. The molecule has 0 unspecified atom stereocenters. The van der Waals surface area contributed by atoms with Crippen LogP contribution in [0.4, 0.5) is 5.69 Å². The third-order valence-electron chi connectivity index (χ3n) is 3.41. The Kier molecular flexibility index (Phi) is 5.01. The minimum atomic E-state index is 0.872. The second-order valence-electron chi connectivity index (χ2n) is 4.89. The molecule has 0 saturated heterocycles. The van der Waals surface area contributed by atoms with Crippen LogP contribution in [0.2, 0.25) is 0 Å². The van der Waals surface area contributed by atoms with E-state index in [1.165, 1.54) is 16.8 Å². The van der Waals surface area contributed by atoms with E-state index in [9.17, 15) is 0 Å². The molecular formula is C16H21N3S.